The van der Waals surface area contributed by atoms with Gasteiger partial charge in [-0.2, -0.15) is 0 Å². The molecule has 0 fully saturated rings. The lowest BCUT2D eigenvalue weighted by Crippen LogP contribution is -2.29. The van der Waals surface area contributed by atoms with Crippen LogP contribution in [-0.4, -0.2) is 10.7 Å². The Balaban J connectivity index is 2.21. The molecule has 74 valence electrons. The summed E-state index contributed by atoms with van der Waals surface area (Å²) >= 11 is 0. The Labute approximate surface area is 85.1 Å². The number of hydrogen-bond donors (Lipinski definition) is 1. The quantitative estimate of drug-likeness (QED) is 0.707. The Kier molecular flexibility index (Phi) is 2.20. The van der Waals surface area contributed by atoms with Crippen LogP contribution in [-0.2, 0) is 12.8 Å². The highest BCUT2D eigenvalue weighted by Gasteiger charge is 2.34. The molecule has 14 heavy (non-hydrogen) atoms. The van der Waals surface area contributed by atoms with E-state index in [4.69, 9.17) is 0 Å². The van der Waals surface area contributed by atoms with E-state index in [2.05, 4.69) is 18.7 Å². The van der Waals surface area contributed by atoms with Gasteiger partial charge < -0.3 is 5.11 Å². The molecular formula is C13H16O. The van der Waals surface area contributed by atoms with Gasteiger partial charge in [-0.25, -0.2) is 0 Å². The molecule has 1 nitrogen and oxygen atoms in total. The van der Waals surface area contributed by atoms with Crippen molar-refractivity contribution in [2.24, 2.45) is 0 Å². The molecule has 0 spiro atoms. The number of hydrogen-bond acceptors (Lipinski definition) is 1. The first kappa shape index (κ1) is 9.47. The normalized spacial score (nSPS) is 17.9. The lowest BCUT2D eigenvalue weighted by molar-refractivity contribution is 0.0520. The van der Waals surface area contributed by atoms with E-state index in [0.29, 0.717) is 6.42 Å². The summed E-state index contributed by atoms with van der Waals surface area (Å²) in [5.41, 5.74) is 3.06. The highest BCUT2D eigenvalue weighted by atomic mass is 16.3. The van der Waals surface area contributed by atoms with Crippen LogP contribution in [0.25, 0.3) is 0 Å². The van der Waals surface area contributed by atoms with Gasteiger partial charge >= 0.3 is 0 Å². The zero-order valence-corrected chi connectivity index (χ0v) is 8.59. The molecular weight excluding hydrogens is 172 g/mol. The first-order valence-corrected chi connectivity index (χ1v) is 5.03. The van der Waals surface area contributed by atoms with Crippen molar-refractivity contribution in [2.45, 2.75) is 31.8 Å². The maximum Gasteiger partial charge on any atom is 0.0764 e. The molecule has 1 heteroatoms. The van der Waals surface area contributed by atoms with Crippen molar-refractivity contribution in [1.82, 2.24) is 0 Å². The Morgan fingerprint density at radius 1 is 1.36 bits per heavy atom. The van der Waals surface area contributed by atoms with E-state index < -0.39 is 5.60 Å². The highest BCUT2D eigenvalue weighted by molar-refractivity contribution is 5.35. The van der Waals surface area contributed by atoms with Crippen molar-refractivity contribution in [3.63, 3.8) is 0 Å². The Bertz CT molecular complexity index is 340. The molecule has 0 radical (unpaired) electrons. The summed E-state index contributed by atoms with van der Waals surface area (Å²) in [4.78, 5) is 0. The summed E-state index contributed by atoms with van der Waals surface area (Å²) in [5.74, 6) is 0. The van der Waals surface area contributed by atoms with Crippen molar-refractivity contribution < 1.29 is 5.11 Å². The van der Waals surface area contributed by atoms with Crippen LogP contribution < -0.4 is 0 Å². The second kappa shape index (κ2) is 3.25. The SMILES string of the molecule is C=C(C)CC1(O)Cc2ccccc2C1. The third kappa shape index (κ3) is 1.73. The van der Waals surface area contributed by atoms with Gasteiger partial charge in [0, 0.05) is 12.8 Å². The van der Waals surface area contributed by atoms with E-state index >= 15 is 0 Å². The smallest absolute Gasteiger partial charge is 0.0764 e. The van der Waals surface area contributed by atoms with Crippen LogP contribution in [0.1, 0.15) is 24.5 Å². The molecule has 1 aliphatic carbocycles. The van der Waals surface area contributed by atoms with Gasteiger partial charge in [0.25, 0.3) is 0 Å². The van der Waals surface area contributed by atoms with Crippen LogP contribution in [0.3, 0.4) is 0 Å². The third-order valence-electron chi connectivity index (χ3n) is 2.79. The van der Waals surface area contributed by atoms with Crippen LogP contribution >= 0.6 is 0 Å². The molecule has 0 saturated carbocycles. The first-order valence-electron chi connectivity index (χ1n) is 5.03. The van der Waals surface area contributed by atoms with Crippen LogP contribution in [0, 0.1) is 0 Å². The molecule has 0 amide bonds. The molecule has 2 rings (SSSR count). The highest BCUT2D eigenvalue weighted by Crippen LogP contribution is 2.33. The molecule has 0 unspecified atom stereocenters. The van der Waals surface area contributed by atoms with Crippen molar-refractivity contribution in [3.05, 3.63) is 47.5 Å². The molecule has 0 aromatic heterocycles. The Hall–Kier alpha value is -1.08. The topological polar surface area (TPSA) is 20.2 Å². The van der Waals surface area contributed by atoms with Gasteiger partial charge in [0.1, 0.15) is 0 Å². The van der Waals surface area contributed by atoms with E-state index in [1.807, 2.05) is 19.1 Å². The van der Waals surface area contributed by atoms with Crippen molar-refractivity contribution >= 4 is 0 Å². The minimum Gasteiger partial charge on any atom is -0.389 e. The fraction of sp³-hybridized carbons (Fsp3) is 0.385. The molecule has 0 saturated heterocycles. The maximum atomic E-state index is 10.3. The van der Waals surface area contributed by atoms with Gasteiger partial charge in [0.15, 0.2) is 0 Å². The van der Waals surface area contributed by atoms with Gasteiger partial charge in [-0.1, -0.05) is 29.8 Å². The van der Waals surface area contributed by atoms with Crippen molar-refractivity contribution in [2.75, 3.05) is 0 Å². The van der Waals surface area contributed by atoms with Crippen molar-refractivity contribution in [1.29, 1.82) is 0 Å². The van der Waals surface area contributed by atoms with E-state index in [9.17, 15) is 5.11 Å². The van der Waals surface area contributed by atoms with Gasteiger partial charge in [-0.05, 0) is 24.5 Å². The minimum absolute atomic E-state index is 0.574. The first-order chi connectivity index (χ1) is 6.59. The lowest BCUT2D eigenvalue weighted by Gasteiger charge is -2.21. The zero-order chi connectivity index (χ0) is 10.2. The second-order valence-corrected chi connectivity index (χ2v) is 4.48. The summed E-state index contributed by atoms with van der Waals surface area (Å²) in [6.07, 6.45) is 2.26. The van der Waals surface area contributed by atoms with E-state index in [1.165, 1.54) is 11.1 Å². The van der Waals surface area contributed by atoms with E-state index in [0.717, 1.165) is 18.4 Å². The van der Waals surface area contributed by atoms with E-state index in [1.54, 1.807) is 0 Å². The van der Waals surface area contributed by atoms with Gasteiger partial charge in [0.05, 0.1) is 5.60 Å². The second-order valence-electron chi connectivity index (χ2n) is 4.48. The monoisotopic (exact) mass is 188 g/mol. The van der Waals surface area contributed by atoms with Gasteiger partial charge in [-0.3, -0.25) is 0 Å². The molecule has 1 N–H and O–H groups in total. The van der Waals surface area contributed by atoms with E-state index in [-0.39, 0.29) is 0 Å². The molecule has 0 atom stereocenters. The standard InChI is InChI=1S/C13H16O/c1-10(2)7-13(14)8-11-5-3-4-6-12(11)9-13/h3-6,14H,1,7-9H2,2H3. The van der Waals surface area contributed by atoms with Crippen LogP contribution in [0.15, 0.2) is 36.4 Å². The van der Waals surface area contributed by atoms with Gasteiger partial charge in [0.2, 0.25) is 0 Å². The third-order valence-corrected chi connectivity index (χ3v) is 2.79. The summed E-state index contributed by atoms with van der Waals surface area (Å²) in [6.45, 7) is 5.84. The van der Waals surface area contributed by atoms with Crippen LogP contribution in [0.5, 0.6) is 0 Å². The van der Waals surface area contributed by atoms with Crippen molar-refractivity contribution in [3.8, 4) is 0 Å². The van der Waals surface area contributed by atoms with Crippen LogP contribution in [0.2, 0.25) is 0 Å². The molecule has 1 aromatic carbocycles. The fourth-order valence-electron chi connectivity index (χ4n) is 2.36. The molecule has 1 aromatic rings. The Morgan fingerprint density at radius 3 is 2.29 bits per heavy atom. The summed E-state index contributed by atoms with van der Waals surface area (Å²) in [5, 5.41) is 10.3. The number of aliphatic hydroxyl groups is 1. The van der Waals surface area contributed by atoms with Crippen LogP contribution in [0.4, 0.5) is 0 Å². The molecule has 0 aliphatic heterocycles. The summed E-state index contributed by atoms with van der Waals surface area (Å²) < 4.78 is 0. The summed E-state index contributed by atoms with van der Waals surface area (Å²) in [6, 6.07) is 8.27. The largest absolute Gasteiger partial charge is 0.389 e. The molecule has 0 heterocycles. The number of benzene rings is 1. The average Bonchev–Trinajstić information content (AvgIpc) is 2.38. The average molecular weight is 188 g/mol. The summed E-state index contributed by atoms with van der Waals surface area (Å²) in [7, 11) is 0. The maximum absolute atomic E-state index is 10.3. The Morgan fingerprint density at radius 2 is 1.86 bits per heavy atom. The molecule has 0 bridgehead atoms. The predicted octanol–water partition coefficient (Wildman–Crippen LogP) is 2.48. The minimum atomic E-state index is -0.574. The fourth-order valence-corrected chi connectivity index (χ4v) is 2.36. The number of rotatable bonds is 2. The molecule has 1 aliphatic rings. The van der Waals surface area contributed by atoms with Gasteiger partial charge in [-0.15, -0.1) is 6.58 Å². The number of fused-ring (bicyclic) bond motifs is 1. The predicted molar refractivity (Wildman–Crippen MR) is 58.2 cm³/mol. The lowest BCUT2D eigenvalue weighted by atomic mass is 9.93. The zero-order valence-electron chi connectivity index (χ0n) is 8.59.